The number of amides is 1. The molecule has 0 aliphatic carbocycles. The predicted molar refractivity (Wildman–Crippen MR) is 128 cm³/mol. The monoisotopic (exact) mass is 468 g/mol. The molecule has 0 fully saturated rings. The number of hydrogen-bond acceptors (Lipinski definition) is 5. The van der Waals surface area contributed by atoms with E-state index in [2.05, 4.69) is 5.32 Å². The predicted octanol–water partition coefficient (Wildman–Crippen LogP) is 3.99. The maximum absolute atomic E-state index is 13.1. The van der Waals surface area contributed by atoms with Crippen molar-refractivity contribution in [2.45, 2.75) is 25.0 Å². The molecule has 0 spiro atoms. The van der Waals surface area contributed by atoms with Crippen molar-refractivity contribution in [3.8, 4) is 5.75 Å². The van der Waals surface area contributed by atoms with Crippen LogP contribution in [0.3, 0.4) is 0 Å². The van der Waals surface area contributed by atoms with Crippen LogP contribution in [-0.4, -0.2) is 35.1 Å². The summed E-state index contributed by atoms with van der Waals surface area (Å²) in [4.78, 5) is 12.7. The zero-order valence-electron chi connectivity index (χ0n) is 18.9. The van der Waals surface area contributed by atoms with Gasteiger partial charge in [0.2, 0.25) is 0 Å². The molecule has 0 unspecified atom stereocenters. The van der Waals surface area contributed by atoms with E-state index in [0.29, 0.717) is 31.2 Å². The van der Waals surface area contributed by atoms with E-state index in [-0.39, 0.29) is 16.4 Å². The summed E-state index contributed by atoms with van der Waals surface area (Å²) >= 11 is 0. The topological polar surface area (TPSA) is 84.9 Å². The Morgan fingerprint density at radius 2 is 1.64 bits per heavy atom. The molecular formula is C25H28N2O5S. The maximum atomic E-state index is 13.1. The van der Waals surface area contributed by atoms with Gasteiger partial charge in [-0.25, -0.2) is 8.42 Å². The quantitative estimate of drug-likeness (QED) is 0.486. The summed E-state index contributed by atoms with van der Waals surface area (Å²) in [6.07, 6.45) is 0. The molecule has 1 N–H and O–H groups in total. The van der Waals surface area contributed by atoms with Crippen LogP contribution in [0.15, 0.2) is 77.7 Å². The molecule has 33 heavy (non-hydrogen) atoms. The lowest BCUT2D eigenvalue weighted by atomic mass is 10.1. The Morgan fingerprint density at radius 1 is 0.970 bits per heavy atom. The minimum atomic E-state index is -3.85. The Morgan fingerprint density at radius 3 is 2.27 bits per heavy atom. The SMILES string of the molecule is CCOCc1ccc(CNC(=O)c2cccc(S(=O)(=O)N(C)c3ccc(OC)cc3)c2)cc1. The highest BCUT2D eigenvalue weighted by atomic mass is 32.2. The van der Waals surface area contributed by atoms with Gasteiger partial charge in [0.15, 0.2) is 0 Å². The van der Waals surface area contributed by atoms with E-state index in [1.165, 1.54) is 23.5 Å². The smallest absolute Gasteiger partial charge is 0.264 e. The van der Waals surface area contributed by atoms with Gasteiger partial charge in [0.1, 0.15) is 5.75 Å². The van der Waals surface area contributed by atoms with Gasteiger partial charge in [-0.3, -0.25) is 9.10 Å². The van der Waals surface area contributed by atoms with Crippen LogP contribution in [0.5, 0.6) is 5.75 Å². The van der Waals surface area contributed by atoms with Crippen molar-refractivity contribution in [1.29, 1.82) is 0 Å². The fraction of sp³-hybridized carbons (Fsp3) is 0.240. The van der Waals surface area contributed by atoms with Crippen molar-refractivity contribution in [2.24, 2.45) is 0 Å². The van der Waals surface area contributed by atoms with Gasteiger partial charge in [-0.15, -0.1) is 0 Å². The number of nitrogens with one attached hydrogen (secondary N) is 1. The van der Waals surface area contributed by atoms with Crippen LogP contribution >= 0.6 is 0 Å². The number of methoxy groups -OCH3 is 1. The van der Waals surface area contributed by atoms with Gasteiger partial charge in [0, 0.05) is 25.8 Å². The lowest BCUT2D eigenvalue weighted by molar-refractivity contribution is 0.0950. The zero-order valence-corrected chi connectivity index (χ0v) is 19.8. The second-order valence-corrected chi connectivity index (χ2v) is 9.30. The van der Waals surface area contributed by atoms with E-state index >= 15 is 0 Å². The van der Waals surface area contributed by atoms with E-state index in [0.717, 1.165) is 11.1 Å². The number of carbonyl (C=O) groups is 1. The molecule has 0 aliphatic heterocycles. The van der Waals surface area contributed by atoms with E-state index in [1.807, 2.05) is 31.2 Å². The number of benzene rings is 3. The molecule has 0 atom stereocenters. The average Bonchev–Trinajstić information content (AvgIpc) is 2.86. The average molecular weight is 469 g/mol. The minimum Gasteiger partial charge on any atom is -0.497 e. The van der Waals surface area contributed by atoms with Crippen LogP contribution in [0.1, 0.15) is 28.4 Å². The third-order valence-electron chi connectivity index (χ3n) is 5.14. The van der Waals surface area contributed by atoms with Crippen LogP contribution < -0.4 is 14.4 Å². The third kappa shape index (κ3) is 6.12. The highest BCUT2D eigenvalue weighted by Gasteiger charge is 2.22. The van der Waals surface area contributed by atoms with Gasteiger partial charge in [-0.2, -0.15) is 0 Å². The first-order chi connectivity index (χ1) is 15.8. The van der Waals surface area contributed by atoms with E-state index in [1.54, 1.807) is 43.5 Å². The second-order valence-electron chi connectivity index (χ2n) is 7.33. The number of nitrogens with zero attached hydrogens (tertiary/aromatic N) is 1. The van der Waals surface area contributed by atoms with Crippen molar-refractivity contribution in [2.75, 3.05) is 25.1 Å². The van der Waals surface area contributed by atoms with E-state index in [4.69, 9.17) is 9.47 Å². The summed E-state index contributed by atoms with van der Waals surface area (Å²) in [5.74, 6) is 0.282. The molecule has 174 valence electrons. The molecule has 0 heterocycles. The Hall–Kier alpha value is -3.36. The van der Waals surface area contributed by atoms with Crippen molar-refractivity contribution in [3.63, 3.8) is 0 Å². The zero-order chi connectivity index (χ0) is 23.8. The molecular weight excluding hydrogens is 440 g/mol. The number of rotatable bonds is 10. The highest BCUT2D eigenvalue weighted by molar-refractivity contribution is 7.92. The van der Waals surface area contributed by atoms with Crippen molar-refractivity contribution >= 4 is 21.6 Å². The molecule has 1 amide bonds. The molecule has 0 saturated carbocycles. The van der Waals surface area contributed by atoms with Gasteiger partial charge in [-0.05, 0) is 60.5 Å². The van der Waals surface area contributed by atoms with Crippen LogP contribution in [0.4, 0.5) is 5.69 Å². The molecule has 0 saturated heterocycles. The fourth-order valence-corrected chi connectivity index (χ4v) is 4.39. The molecule has 3 aromatic rings. The van der Waals surface area contributed by atoms with Gasteiger partial charge < -0.3 is 14.8 Å². The molecule has 0 aromatic heterocycles. The first kappa shape index (κ1) is 24.3. The van der Waals surface area contributed by atoms with E-state index in [9.17, 15) is 13.2 Å². The summed E-state index contributed by atoms with van der Waals surface area (Å²) < 4.78 is 37.9. The molecule has 0 radical (unpaired) electrons. The summed E-state index contributed by atoms with van der Waals surface area (Å²) in [5.41, 5.74) is 2.75. The van der Waals surface area contributed by atoms with Crippen LogP contribution in [0, 0.1) is 0 Å². The first-order valence-electron chi connectivity index (χ1n) is 10.5. The highest BCUT2D eigenvalue weighted by Crippen LogP contribution is 2.24. The molecule has 3 aromatic carbocycles. The Labute approximate surface area is 195 Å². The van der Waals surface area contributed by atoms with Crippen LogP contribution in [0.25, 0.3) is 0 Å². The molecule has 0 bridgehead atoms. The number of ether oxygens (including phenoxy) is 2. The van der Waals surface area contributed by atoms with Crippen LogP contribution in [0.2, 0.25) is 0 Å². The summed E-state index contributed by atoms with van der Waals surface area (Å²) in [6.45, 7) is 3.48. The first-order valence-corrected chi connectivity index (χ1v) is 12.0. The van der Waals surface area contributed by atoms with Crippen molar-refractivity contribution < 1.29 is 22.7 Å². The van der Waals surface area contributed by atoms with Gasteiger partial charge in [0.25, 0.3) is 15.9 Å². The van der Waals surface area contributed by atoms with Gasteiger partial charge in [-0.1, -0.05) is 30.3 Å². The lowest BCUT2D eigenvalue weighted by Gasteiger charge is -2.20. The molecule has 0 aliphatic rings. The second kappa shape index (κ2) is 11.0. The minimum absolute atomic E-state index is 0.0359. The maximum Gasteiger partial charge on any atom is 0.264 e. The van der Waals surface area contributed by atoms with E-state index < -0.39 is 10.0 Å². The van der Waals surface area contributed by atoms with Crippen molar-refractivity contribution in [1.82, 2.24) is 5.32 Å². The summed E-state index contributed by atoms with van der Waals surface area (Å²) in [5, 5.41) is 2.84. The van der Waals surface area contributed by atoms with Gasteiger partial charge in [0.05, 0.1) is 24.3 Å². The number of carbonyl (C=O) groups excluding carboxylic acids is 1. The van der Waals surface area contributed by atoms with Crippen LogP contribution in [-0.2, 0) is 27.9 Å². The van der Waals surface area contributed by atoms with Crippen molar-refractivity contribution in [3.05, 3.63) is 89.5 Å². The largest absolute Gasteiger partial charge is 0.497 e. The Kier molecular flexibility index (Phi) is 8.08. The number of hydrogen-bond donors (Lipinski definition) is 1. The normalized spacial score (nSPS) is 11.1. The molecule has 3 rings (SSSR count). The third-order valence-corrected chi connectivity index (χ3v) is 6.92. The summed E-state index contributed by atoms with van der Waals surface area (Å²) in [6, 6.07) is 20.5. The fourth-order valence-electron chi connectivity index (χ4n) is 3.14. The van der Waals surface area contributed by atoms with Gasteiger partial charge >= 0.3 is 0 Å². The molecule has 7 nitrogen and oxygen atoms in total. The lowest BCUT2D eigenvalue weighted by Crippen LogP contribution is -2.27. The Bertz CT molecular complexity index is 1180. The number of anilines is 1. The Balaban J connectivity index is 1.69. The summed E-state index contributed by atoms with van der Waals surface area (Å²) in [7, 11) is -0.830. The number of sulfonamides is 1. The standard InChI is InChI=1S/C25H28N2O5S/c1-4-32-18-20-10-8-19(9-11-20)17-26-25(28)21-6-5-7-24(16-21)33(29,30)27(2)22-12-14-23(31-3)15-13-22/h5-16H,4,17-18H2,1-3H3,(H,26,28). The molecule has 8 heteroatoms.